The maximum absolute atomic E-state index is 13.7. The van der Waals surface area contributed by atoms with Gasteiger partial charge in [0.1, 0.15) is 17.4 Å². The SMILES string of the molecule is CC(C)COc1ccc(CN(Cc2cc(F)cc(F)c2)C(=O)NC2CCN(C)CC2)cc1. The van der Waals surface area contributed by atoms with E-state index in [1.54, 1.807) is 4.90 Å². The smallest absolute Gasteiger partial charge is 0.318 e. The zero-order valence-electron chi connectivity index (χ0n) is 19.1. The number of hydrogen-bond acceptors (Lipinski definition) is 3. The van der Waals surface area contributed by atoms with Crippen LogP contribution in [-0.4, -0.2) is 48.6 Å². The van der Waals surface area contributed by atoms with Crippen molar-refractivity contribution >= 4 is 6.03 Å². The van der Waals surface area contributed by atoms with E-state index in [1.165, 1.54) is 12.1 Å². The molecule has 1 aliphatic rings. The van der Waals surface area contributed by atoms with E-state index in [4.69, 9.17) is 4.74 Å². The number of nitrogens with zero attached hydrogens (tertiary/aromatic N) is 2. The van der Waals surface area contributed by atoms with Crippen LogP contribution in [0, 0.1) is 17.6 Å². The second-order valence-electron chi connectivity index (χ2n) is 9.01. The van der Waals surface area contributed by atoms with Gasteiger partial charge in [0.05, 0.1) is 6.61 Å². The molecule has 0 radical (unpaired) electrons. The van der Waals surface area contributed by atoms with Crippen LogP contribution in [0.25, 0.3) is 0 Å². The summed E-state index contributed by atoms with van der Waals surface area (Å²) in [5.74, 6) is -0.0956. The first-order chi connectivity index (χ1) is 15.3. The van der Waals surface area contributed by atoms with Crippen LogP contribution in [-0.2, 0) is 13.1 Å². The molecule has 5 nitrogen and oxygen atoms in total. The molecule has 2 aromatic rings. The van der Waals surface area contributed by atoms with E-state index in [-0.39, 0.29) is 18.6 Å². The summed E-state index contributed by atoms with van der Waals surface area (Å²) in [7, 11) is 2.07. The molecule has 32 heavy (non-hydrogen) atoms. The van der Waals surface area contributed by atoms with Crippen molar-refractivity contribution in [2.75, 3.05) is 26.7 Å². The molecule has 0 aromatic heterocycles. The van der Waals surface area contributed by atoms with Gasteiger partial charge in [0, 0.05) is 25.2 Å². The van der Waals surface area contributed by atoms with Crippen LogP contribution in [0.15, 0.2) is 42.5 Å². The maximum atomic E-state index is 13.7. The third kappa shape index (κ3) is 7.48. The molecule has 2 aromatic carbocycles. The lowest BCUT2D eigenvalue weighted by molar-refractivity contribution is 0.176. The quantitative estimate of drug-likeness (QED) is 0.635. The Morgan fingerprint density at radius 1 is 1.06 bits per heavy atom. The standard InChI is InChI=1S/C25H33F2N3O2/c1-18(2)17-32-24-6-4-19(5-7-24)15-30(16-20-12-21(26)14-22(27)13-20)25(31)28-23-8-10-29(3)11-9-23/h4-7,12-14,18,23H,8-11,15-17H2,1-3H3,(H,28,31). The summed E-state index contributed by atoms with van der Waals surface area (Å²) in [5, 5.41) is 3.10. The monoisotopic (exact) mass is 445 g/mol. The Balaban J connectivity index is 1.71. The summed E-state index contributed by atoms with van der Waals surface area (Å²) in [6, 6.07) is 10.8. The fraction of sp³-hybridized carbons (Fsp3) is 0.480. The molecule has 1 saturated heterocycles. The number of amides is 2. The van der Waals surface area contributed by atoms with E-state index < -0.39 is 11.6 Å². The molecule has 0 spiro atoms. The Hall–Kier alpha value is -2.67. The van der Waals surface area contributed by atoms with E-state index in [1.807, 2.05) is 24.3 Å². The molecule has 0 atom stereocenters. The zero-order valence-corrected chi connectivity index (χ0v) is 19.1. The van der Waals surface area contributed by atoms with Gasteiger partial charge in [0.25, 0.3) is 0 Å². The Labute approximate surface area is 189 Å². The number of urea groups is 1. The Morgan fingerprint density at radius 2 is 1.66 bits per heavy atom. The van der Waals surface area contributed by atoms with E-state index in [9.17, 15) is 13.6 Å². The number of halogens is 2. The second kappa shape index (κ2) is 11.3. The predicted octanol–water partition coefficient (Wildman–Crippen LogP) is 4.81. The molecular weight excluding hydrogens is 412 g/mol. The van der Waals surface area contributed by atoms with Crippen LogP contribution in [0.3, 0.4) is 0 Å². The van der Waals surface area contributed by atoms with Crippen molar-refractivity contribution in [3.63, 3.8) is 0 Å². The lowest BCUT2D eigenvalue weighted by Gasteiger charge is -2.32. The van der Waals surface area contributed by atoms with E-state index in [2.05, 4.69) is 31.1 Å². The number of carbonyl (C=O) groups is 1. The van der Waals surface area contributed by atoms with E-state index in [0.29, 0.717) is 24.6 Å². The highest BCUT2D eigenvalue weighted by Gasteiger charge is 2.22. The van der Waals surface area contributed by atoms with Crippen LogP contribution in [0.1, 0.15) is 37.8 Å². The number of piperidine rings is 1. The number of likely N-dealkylation sites (tertiary alicyclic amines) is 1. The predicted molar refractivity (Wildman–Crippen MR) is 121 cm³/mol. The summed E-state index contributed by atoms with van der Waals surface area (Å²) in [6.45, 7) is 7.10. The summed E-state index contributed by atoms with van der Waals surface area (Å²) >= 11 is 0. The van der Waals surface area contributed by atoms with E-state index >= 15 is 0 Å². The summed E-state index contributed by atoms with van der Waals surface area (Å²) in [4.78, 5) is 16.9. The van der Waals surface area contributed by atoms with Gasteiger partial charge in [0.2, 0.25) is 0 Å². The van der Waals surface area contributed by atoms with E-state index in [0.717, 1.165) is 43.3 Å². The Kier molecular flexibility index (Phi) is 8.45. The number of carbonyl (C=O) groups excluding carboxylic acids is 1. The van der Waals surface area contributed by atoms with Gasteiger partial charge in [-0.1, -0.05) is 26.0 Å². The minimum absolute atomic E-state index is 0.0947. The highest BCUT2D eigenvalue weighted by molar-refractivity contribution is 5.74. The molecule has 2 amide bonds. The number of ether oxygens (including phenoxy) is 1. The number of rotatable bonds is 8. The van der Waals surface area contributed by atoms with Gasteiger partial charge in [0.15, 0.2) is 0 Å². The van der Waals surface area contributed by atoms with Crippen molar-refractivity contribution < 1.29 is 18.3 Å². The summed E-state index contributed by atoms with van der Waals surface area (Å²) < 4.78 is 33.1. The van der Waals surface area contributed by atoms with Gasteiger partial charge >= 0.3 is 6.03 Å². The molecule has 0 saturated carbocycles. The second-order valence-corrected chi connectivity index (χ2v) is 9.01. The third-order valence-electron chi connectivity index (χ3n) is 5.51. The lowest BCUT2D eigenvalue weighted by atomic mass is 10.1. The highest BCUT2D eigenvalue weighted by atomic mass is 19.1. The van der Waals surface area contributed by atoms with Crippen molar-refractivity contribution in [2.24, 2.45) is 5.92 Å². The molecule has 3 rings (SSSR count). The molecule has 0 unspecified atom stereocenters. The third-order valence-corrected chi connectivity index (χ3v) is 5.51. The van der Waals surface area contributed by atoms with Crippen molar-refractivity contribution in [3.8, 4) is 5.75 Å². The average Bonchev–Trinajstić information content (AvgIpc) is 2.73. The summed E-state index contributed by atoms with van der Waals surface area (Å²) in [6.07, 6.45) is 1.76. The van der Waals surface area contributed by atoms with Gasteiger partial charge in [-0.15, -0.1) is 0 Å². The normalized spacial score (nSPS) is 15.1. The first kappa shape index (κ1) is 24.0. The molecule has 1 heterocycles. The van der Waals surface area contributed by atoms with Crippen LogP contribution < -0.4 is 10.1 Å². The fourth-order valence-corrected chi connectivity index (χ4v) is 3.72. The highest BCUT2D eigenvalue weighted by Crippen LogP contribution is 2.18. The molecule has 7 heteroatoms. The van der Waals surface area contributed by atoms with Crippen LogP contribution >= 0.6 is 0 Å². The van der Waals surface area contributed by atoms with Gasteiger partial charge < -0.3 is 19.9 Å². The number of benzene rings is 2. The lowest BCUT2D eigenvalue weighted by Crippen LogP contribution is -2.48. The van der Waals surface area contributed by atoms with Crippen LogP contribution in [0.4, 0.5) is 13.6 Å². The van der Waals surface area contributed by atoms with Crippen molar-refractivity contribution in [1.82, 2.24) is 15.1 Å². The van der Waals surface area contributed by atoms with Crippen molar-refractivity contribution in [3.05, 3.63) is 65.2 Å². The van der Waals surface area contributed by atoms with Gasteiger partial charge in [-0.2, -0.15) is 0 Å². The minimum Gasteiger partial charge on any atom is -0.493 e. The largest absolute Gasteiger partial charge is 0.493 e. The number of hydrogen-bond donors (Lipinski definition) is 1. The molecule has 1 N–H and O–H groups in total. The van der Waals surface area contributed by atoms with Gasteiger partial charge in [-0.25, -0.2) is 13.6 Å². The topological polar surface area (TPSA) is 44.8 Å². The van der Waals surface area contributed by atoms with Gasteiger partial charge in [-0.05, 0) is 74.3 Å². The average molecular weight is 446 g/mol. The maximum Gasteiger partial charge on any atom is 0.318 e. The Bertz CT molecular complexity index is 861. The van der Waals surface area contributed by atoms with Crippen LogP contribution in [0.5, 0.6) is 5.75 Å². The van der Waals surface area contributed by atoms with Crippen molar-refractivity contribution in [1.29, 1.82) is 0 Å². The first-order valence-corrected chi connectivity index (χ1v) is 11.2. The molecule has 0 bridgehead atoms. The number of nitrogens with one attached hydrogen (secondary N) is 1. The van der Waals surface area contributed by atoms with Crippen molar-refractivity contribution in [2.45, 2.75) is 45.8 Å². The molecule has 1 fully saturated rings. The molecular formula is C25H33F2N3O2. The minimum atomic E-state index is -0.651. The fourth-order valence-electron chi connectivity index (χ4n) is 3.72. The Morgan fingerprint density at radius 3 is 2.25 bits per heavy atom. The zero-order chi connectivity index (χ0) is 23.1. The first-order valence-electron chi connectivity index (χ1n) is 11.2. The molecule has 0 aliphatic carbocycles. The molecule has 1 aliphatic heterocycles. The molecule has 174 valence electrons. The van der Waals surface area contributed by atoms with Crippen LogP contribution in [0.2, 0.25) is 0 Å². The van der Waals surface area contributed by atoms with Gasteiger partial charge in [-0.3, -0.25) is 0 Å². The summed E-state index contributed by atoms with van der Waals surface area (Å²) in [5.41, 5.74) is 1.33.